The quantitative estimate of drug-likeness (QED) is 0.0246. The lowest BCUT2D eigenvalue weighted by Gasteiger charge is -2.42. The number of carbonyl (C=O) groups is 2. The van der Waals surface area contributed by atoms with Gasteiger partial charge in [-0.05, 0) is 44.9 Å². The third-order valence-corrected chi connectivity index (χ3v) is 11.2. The van der Waals surface area contributed by atoms with Crippen LogP contribution in [0.1, 0.15) is 162 Å². The fourth-order valence-corrected chi connectivity index (χ4v) is 7.25. The third kappa shape index (κ3) is 23.5. The zero-order chi connectivity index (χ0) is 44.7. The van der Waals surface area contributed by atoms with Gasteiger partial charge in [-0.3, -0.25) is 9.59 Å². The first-order chi connectivity index (χ1) is 29.5. The van der Waals surface area contributed by atoms with Crippen molar-refractivity contribution in [1.29, 1.82) is 0 Å². The van der Waals surface area contributed by atoms with Crippen molar-refractivity contribution >= 4 is 11.9 Å². The molecule has 0 aromatic heterocycles. The molecule has 0 spiro atoms. The van der Waals surface area contributed by atoms with Crippen LogP contribution in [0.3, 0.4) is 0 Å². The van der Waals surface area contributed by atoms with Gasteiger partial charge in [-0.15, -0.1) is 0 Å². The number of aliphatic hydroxyl groups excluding tert-OH is 7. The van der Waals surface area contributed by atoms with Crippen LogP contribution in [0, 0.1) is 0 Å². The van der Waals surface area contributed by atoms with Crippen molar-refractivity contribution < 1.29 is 73.8 Å². The summed E-state index contributed by atoms with van der Waals surface area (Å²) in [6, 6.07) is 0. The highest BCUT2D eigenvalue weighted by Gasteiger charge is 2.47. The molecule has 2 aliphatic heterocycles. The molecule has 2 fully saturated rings. The molecule has 2 aliphatic rings. The Hall–Kier alpha value is -2.02. The predicted octanol–water partition coefficient (Wildman–Crippen LogP) is 5.21. The molecule has 0 aliphatic carbocycles. The van der Waals surface area contributed by atoms with Gasteiger partial charge in [0.15, 0.2) is 18.7 Å². The topological polar surface area (TPSA) is 231 Å². The van der Waals surface area contributed by atoms with E-state index in [1.807, 2.05) is 0 Å². The van der Waals surface area contributed by atoms with Crippen molar-refractivity contribution in [2.75, 3.05) is 26.4 Å². The Kier molecular flexibility index (Phi) is 31.1. The van der Waals surface area contributed by atoms with Gasteiger partial charge in [0.25, 0.3) is 0 Å². The van der Waals surface area contributed by atoms with Crippen LogP contribution in [-0.4, -0.2) is 142 Å². The van der Waals surface area contributed by atoms with Crippen LogP contribution in [0.25, 0.3) is 0 Å². The highest BCUT2D eigenvalue weighted by Crippen LogP contribution is 2.26. The molecule has 356 valence electrons. The number of carbonyl (C=O) groups excluding carboxylic acids is 2. The number of rotatable bonds is 35. The zero-order valence-electron chi connectivity index (χ0n) is 37.1. The van der Waals surface area contributed by atoms with Gasteiger partial charge in [0, 0.05) is 12.8 Å². The van der Waals surface area contributed by atoms with E-state index in [0.29, 0.717) is 12.8 Å². The Bertz CT molecular complexity index is 1170. The summed E-state index contributed by atoms with van der Waals surface area (Å²) in [5.41, 5.74) is 0. The second-order valence-electron chi connectivity index (χ2n) is 16.6. The van der Waals surface area contributed by atoms with Gasteiger partial charge in [-0.2, -0.15) is 0 Å². The molecule has 11 atom stereocenters. The maximum absolute atomic E-state index is 12.9. The molecule has 2 heterocycles. The summed E-state index contributed by atoms with van der Waals surface area (Å²) in [6.07, 6.45) is 15.2. The maximum atomic E-state index is 12.9. The van der Waals surface area contributed by atoms with E-state index in [0.717, 1.165) is 64.2 Å². The second-order valence-corrected chi connectivity index (χ2v) is 16.6. The molecule has 11 unspecified atom stereocenters. The van der Waals surface area contributed by atoms with E-state index < -0.39 is 92.7 Å². The molecule has 0 aromatic carbocycles. The minimum Gasteiger partial charge on any atom is -0.462 e. The Morgan fingerprint density at radius 3 is 1.56 bits per heavy atom. The Labute approximate surface area is 364 Å². The van der Waals surface area contributed by atoms with E-state index in [1.165, 1.54) is 57.8 Å². The average Bonchev–Trinajstić information content (AvgIpc) is 3.25. The summed E-state index contributed by atoms with van der Waals surface area (Å²) < 4.78 is 33.4. The minimum absolute atomic E-state index is 0.158. The van der Waals surface area contributed by atoms with Gasteiger partial charge in [0.2, 0.25) is 0 Å². The fourth-order valence-electron chi connectivity index (χ4n) is 7.25. The van der Waals surface area contributed by atoms with Crippen LogP contribution in [0.2, 0.25) is 0 Å². The van der Waals surface area contributed by atoms with E-state index in [9.17, 15) is 45.3 Å². The van der Waals surface area contributed by atoms with E-state index in [4.69, 9.17) is 28.4 Å². The maximum Gasteiger partial charge on any atom is 0.306 e. The predicted molar refractivity (Wildman–Crippen MR) is 229 cm³/mol. The molecule has 2 rings (SSSR count). The number of esters is 2. The van der Waals surface area contributed by atoms with E-state index >= 15 is 0 Å². The molecular formula is C46H82O15. The molecular weight excluding hydrogens is 792 g/mol. The molecule has 7 N–H and O–H groups in total. The van der Waals surface area contributed by atoms with Crippen molar-refractivity contribution in [2.24, 2.45) is 0 Å². The van der Waals surface area contributed by atoms with E-state index in [1.54, 1.807) is 0 Å². The highest BCUT2D eigenvalue weighted by atomic mass is 16.7. The fraction of sp³-hybridized carbons (Fsp3) is 0.870. The number of ether oxygens (including phenoxy) is 6. The van der Waals surface area contributed by atoms with Crippen molar-refractivity contribution in [1.82, 2.24) is 0 Å². The van der Waals surface area contributed by atoms with Crippen molar-refractivity contribution in [3.8, 4) is 0 Å². The Balaban J connectivity index is 1.83. The van der Waals surface area contributed by atoms with Crippen LogP contribution in [-0.2, 0) is 38.0 Å². The third-order valence-electron chi connectivity index (χ3n) is 11.2. The molecule has 0 saturated carbocycles. The van der Waals surface area contributed by atoms with Gasteiger partial charge in [0.1, 0.15) is 55.4 Å². The lowest BCUT2D eigenvalue weighted by molar-refractivity contribution is -0.332. The summed E-state index contributed by atoms with van der Waals surface area (Å²) in [5, 5.41) is 71.8. The van der Waals surface area contributed by atoms with Crippen LogP contribution in [0.4, 0.5) is 0 Å². The van der Waals surface area contributed by atoms with Gasteiger partial charge in [-0.1, -0.05) is 128 Å². The summed E-state index contributed by atoms with van der Waals surface area (Å²) in [6.45, 7) is 2.50. The smallest absolute Gasteiger partial charge is 0.306 e. The number of aliphatic hydroxyl groups is 7. The largest absolute Gasteiger partial charge is 0.462 e. The second kappa shape index (κ2) is 34.4. The van der Waals surface area contributed by atoms with Crippen molar-refractivity contribution in [3.05, 3.63) is 24.3 Å². The molecule has 0 aromatic rings. The Morgan fingerprint density at radius 1 is 0.525 bits per heavy atom. The number of unbranched alkanes of at least 4 members (excludes halogenated alkanes) is 17. The van der Waals surface area contributed by atoms with Crippen molar-refractivity contribution in [2.45, 2.75) is 229 Å². The molecule has 15 heteroatoms. The lowest BCUT2D eigenvalue weighted by Crippen LogP contribution is -2.61. The minimum atomic E-state index is -1.76. The first-order valence-electron chi connectivity index (χ1n) is 23.4. The van der Waals surface area contributed by atoms with Crippen LogP contribution in [0.15, 0.2) is 24.3 Å². The zero-order valence-corrected chi connectivity index (χ0v) is 37.1. The standard InChI is InChI=1S/C46H82O15/c1-3-5-7-9-11-13-14-15-16-17-18-19-20-21-23-25-27-29-38(49)59-34(31-56-37(48)28-26-24-22-12-10-8-6-4-2)32-57-45-44(55)42(53)40(51)36(61-45)33-58-46-43(54)41(52)39(50)35(30-47)60-46/h11,13,15-16,34-36,39-47,50-55H,3-10,12,14,17-33H2,1-2H3/b13-11-,16-15-. The van der Waals surface area contributed by atoms with Crippen LogP contribution >= 0.6 is 0 Å². The highest BCUT2D eigenvalue weighted by molar-refractivity contribution is 5.70. The average molecular weight is 875 g/mol. The molecule has 2 saturated heterocycles. The summed E-state index contributed by atoms with van der Waals surface area (Å²) in [7, 11) is 0. The van der Waals surface area contributed by atoms with Gasteiger partial charge in [-0.25, -0.2) is 0 Å². The number of allylic oxidation sites excluding steroid dienone is 4. The van der Waals surface area contributed by atoms with Gasteiger partial charge < -0.3 is 64.2 Å². The summed E-state index contributed by atoms with van der Waals surface area (Å²) >= 11 is 0. The molecule has 0 bridgehead atoms. The number of hydrogen-bond acceptors (Lipinski definition) is 15. The van der Waals surface area contributed by atoms with Crippen LogP contribution < -0.4 is 0 Å². The molecule has 0 radical (unpaired) electrons. The molecule has 15 nitrogen and oxygen atoms in total. The molecule has 61 heavy (non-hydrogen) atoms. The normalized spacial score (nSPS) is 27.5. The monoisotopic (exact) mass is 875 g/mol. The van der Waals surface area contributed by atoms with Crippen LogP contribution in [0.5, 0.6) is 0 Å². The summed E-state index contributed by atoms with van der Waals surface area (Å²) in [4.78, 5) is 25.5. The first-order valence-corrected chi connectivity index (χ1v) is 23.4. The number of hydrogen-bond donors (Lipinski definition) is 7. The van der Waals surface area contributed by atoms with E-state index in [2.05, 4.69) is 38.2 Å². The first kappa shape index (κ1) is 55.1. The summed E-state index contributed by atoms with van der Waals surface area (Å²) in [5.74, 6) is -0.937. The Morgan fingerprint density at radius 2 is 0.984 bits per heavy atom. The van der Waals surface area contributed by atoms with Gasteiger partial charge >= 0.3 is 11.9 Å². The van der Waals surface area contributed by atoms with E-state index in [-0.39, 0.29) is 26.1 Å². The molecule has 0 amide bonds. The van der Waals surface area contributed by atoms with Crippen molar-refractivity contribution in [3.63, 3.8) is 0 Å². The SMILES string of the molecule is CCCCC/C=C\C/C=C\CCCCCCCCCC(=O)OC(COC(=O)CCCCCCCCCC)COC1OC(COC2OC(CO)C(O)C(O)C2O)C(O)C(O)C1O. The lowest BCUT2D eigenvalue weighted by atomic mass is 9.98. The van der Waals surface area contributed by atoms with Gasteiger partial charge in [0.05, 0.1) is 19.8 Å².